The van der Waals surface area contributed by atoms with Crippen LogP contribution in [0.2, 0.25) is 0 Å². The van der Waals surface area contributed by atoms with Crippen molar-refractivity contribution < 1.29 is 18.7 Å². The number of carbonyl (C=O) groups is 2. The van der Waals surface area contributed by atoms with E-state index in [1.165, 1.54) is 35.4 Å². The van der Waals surface area contributed by atoms with Gasteiger partial charge in [-0.05, 0) is 67.3 Å². The summed E-state index contributed by atoms with van der Waals surface area (Å²) in [6, 6.07) is 21.3. The molecule has 1 unspecified atom stereocenters. The number of piperidine rings is 1. The highest BCUT2D eigenvalue weighted by Gasteiger charge is 2.38. The smallest absolute Gasteiger partial charge is 0.254 e. The molecule has 1 aliphatic rings. The van der Waals surface area contributed by atoms with Crippen molar-refractivity contribution >= 4 is 11.8 Å². The van der Waals surface area contributed by atoms with E-state index in [2.05, 4.69) is 47.5 Å². The van der Waals surface area contributed by atoms with Crippen LogP contribution in [-0.2, 0) is 17.9 Å². The molecule has 1 fully saturated rings. The van der Waals surface area contributed by atoms with Crippen LogP contribution in [0.5, 0.6) is 5.75 Å². The number of hydrogen-bond donors (Lipinski definition) is 2. The standard InChI is InChI=1S/C31H37FN4O3/c1-22-6-8-23(9-7-22)20-35(21-24-4-3-5-28(18-24)39-2)27-14-17-36(29(19-27)30(37)34-16-15-33)31(38)25-10-12-26(32)13-11-25/h3-13,18,27,29H,14-17,19-21,33H2,1-2H3,(H,34,37)/t27?,29-/m1/s1. The highest BCUT2D eigenvalue weighted by Crippen LogP contribution is 2.28. The fourth-order valence-corrected chi connectivity index (χ4v) is 5.09. The molecule has 0 aromatic heterocycles. The van der Waals surface area contributed by atoms with E-state index in [-0.39, 0.29) is 17.9 Å². The van der Waals surface area contributed by atoms with Crippen molar-refractivity contribution in [3.05, 3.63) is 101 Å². The van der Waals surface area contributed by atoms with E-state index in [4.69, 9.17) is 10.5 Å². The van der Waals surface area contributed by atoms with Crippen LogP contribution in [-0.4, -0.2) is 60.4 Å². The van der Waals surface area contributed by atoms with Gasteiger partial charge < -0.3 is 20.7 Å². The monoisotopic (exact) mass is 532 g/mol. The van der Waals surface area contributed by atoms with Gasteiger partial charge in [0.25, 0.3) is 5.91 Å². The largest absolute Gasteiger partial charge is 0.497 e. The minimum atomic E-state index is -0.668. The summed E-state index contributed by atoms with van der Waals surface area (Å²) in [4.78, 5) is 30.7. The number of carbonyl (C=O) groups excluding carboxylic acids is 2. The molecule has 0 saturated carbocycles. The van der Waals surface area contributed by atoms with Gasteiger partial charge >= 0.3 is 0 Å². The third kappa shape index (κ3) is 7.43. The van der Waals surface area contributed by atoms with E-state index in [9.17, 15) is 14.0 Å². The van der Waals surface area contributed by atoms with Crippen LogP contribution in [0.3, 0.4) is 0 Å². The number of amides is 2. The Morgan fingerprint density at radius 1 is 1.05 bits per heavy atom. The number of hydrogen-bond acceptors (Lipinski definition) is 5. The summed E-state index contributed by atoms with van der Waals surface area (Å²) in [5.41, 5.74) is 9.48. The molecule has 0 aliphatic carbocycles. The number of ether oxygens (including phenoxy) is 1. The van der Waals surface area contributed by atoms with E-state index >= 15 is 0 Å². The summed E-state index contributed by atoms with van der Waals surface area (Å²) in [5.74, 6) is -0.121. The summed E-state index contributed by atoms with van der Waals surface area (Å²) >= 11 is 0. The highest BCUT2D eigenvalue weighted by atomic mass is 19.1. The van der Waals surface area contributed by atoms with Crippen LogP contribution in [0, 0.1) is 12.7 Å². The molecule has 39 heavy (non-hydrogen) atoms. The zero-order valence-electron chi connectivity index (χ0n) is 22.6. The zero-order chi connectivity index (χ0) is 27.8. The maximum Gasteiger partial charge on any atom is 0.254 e. The van der Waals surface area contributed by atoms with E-state index in [1.54, 1.807) is 12.0 Å². The number of nitrogens with zero attached hydrogens (tertiary/aromatic N) is 2. The topological polar surface area (TPSA) is 87.9 Å². The van der Waals surface area contributed by atoms with Gasteiger partial charge in [-0.2, -0.15) is 0 Å². The third-order valence-corrected chi connectivity index (χ3v) is 7.22. The van der Waals surface area contributed by atoms with Gasteiger partial charge in [0.05, 0.1) is 7.11 Å². The molecule has 8 heteroatoms. The Balaban J connectivity index is 1.61. The average molecular weight is 533 g/mol. The number of methoxy groups -OCH3 is 1. The lowest BCUT2D eigenvalue weighted by atomic mass is 9.93. The molecule has 3 aromatic carbocycles. The third-order valence-electron chi connectivity index (χ3n) is 7.22. The van der Waals surface area contributed by atoms with Crippen molar-refractivity contribution in [2.24, 2.45) is 5.73 Å². The summed E-state index contributed by atoms with van der Waals surface area (Å²) in [7, 11) is 1.65. The van der Waals surface area contributed by atoms with Gasteiger partial charge in [-0.1, -0.05) is 42.0 Å². The first-order chi connectivity index (χ1) is 18.9. The van der Waals surface area contributed by atoms with Gasteiger partial charge in [-0.25, -0.2) is 4.39 Å². The average Bonchev–Trinajstić information content (AvgIpc) is 2.96. The molecule has 1 aliphatic heterocycles. The summed E-state index contributed by atoms with van der Waals surface area (Å²) in [6.45, 7) is 4.48. The number of likely N-dealkylation sites (tertiary alicyclic amines) is 1. The van der Waals surface area contributed by atoms with Crippen molar-refractivity contribution in [3.8, 4) is 5.75 Å². The first-order valence-electron chi connectivity index (χ1n) is 13.3. The van der Waals surface area contributed by atoms with Crippen molar-refractivity contribution in [2.75, 3.05) is 26.7 Å². The van der Waals surface area contributed by atoms with Gasteiger partial charge in [0.2, 0.25) is 5.91 Å². The maximum absolute atomic E-state index is 13.5. The number of nitrogens with two attached hydrogens (primary N) is 1. The first-order valence-corrected chi connectivity index (χ1v) is 13.3. The number of nitrogens with one attached hydrogen (secondary N) is 1. The Hall–Kier alpha value is -3.75. The van der Waals surface area contributed by atoms with Crippen LogP contribution >= 0.6 is 0 Å². The van der Waals surface area contributed by atoms with Crippen molar-refractivity contribution in [2.45, 2.75) is 44.9 Å². The molecule has 1 saturated heterocycles. The lowest BCUT2D eigenvalue weighted by Crippen LogP contribution is -2.57. The number of benzene rings is 3. The second kappa shape index (κ2) is 13.4. The maximum atomic E-state index is 13.5. The first kappa shape index (κ1) is 28.3. The Morgan fingerprint density at radius 3 is 2.46 bits per heavy atom. The molecule has 0 spiro atoms. The van der Waals surface area contributed by atoms with E-state index in [0.29, 0.717) is 51.1 Å². The van der Waals surface area contributed by atoms with Gasteiger partial charge in [0, 0.05) is 44.3 Å². The molecular formula is C31H37FN4O3. The van der Waals surface area contributed by atoms with E-state index in [1.807, 2.05) is 18.2 Å². The Labute approximate surface area is 229 Å². The van der Waals surface area contributed by atoms with Crippen molar-refractivity contribution in [3.63, 3.8) is 0 Å². The van der Waals surface area contributed by atoms with Gasteiger partial charge in [-0.15, -0.1) is 0 Å². The number of aryl methyl sites for hydroxylation is 1. The SMILES string of the molecule is COc1cccc(CN(Cc2ccc(C)cc2)C2CCN(C(=O)c3ccc(F)cc3)[C@@H](C(=O)NCCN)C2)c1. The molecular weight excluding hydrogens is 495 g/mol. The van der Waals surface area contributed by atoms with E-state index in [0.717, 1.165) is 11.3 Å². The molecule has 206 valence electrons. The Morgan fingerprint density at radius 2 is 1.77 bits per heavy atom. The molecule has 2 amide bonds. The Kier molecular flexibility index (Phi) is 9.68. The van der Waals surface area contributed by atoms with Gasteiger partial charge in [-0.3, -0.25) is 14.5 Å². The molecule has 0 radical (unpaired) electrons. The summed E-state index contributed by atoms with van der Waals surface area (Å²) in [6.07, 6.45) is 1.17. The van der Waals surface area contributed by atoms with Crippen molar-refractivity contribution in [1.82, 2.24) is 15.1 Å². The molecule has 3 aromatic rings. The molecule has 0 bridgehead atoms. The summed E-state index contributed by atoms with van der Waals surface area (Å²) in [5, 5.41) is 2.87. The zero-order valence-corrected chi connectivity index (χ0v) is 22.6. The summed E-state index contributed by atoms with van der Waals surface area (Å²) < 4.78 is 18.9. The Bertz CT molecular complexity index is 1250. The van der Waals surface area contributed by atoms with Crippen LogP contribution in [0.4, 0.5) is 4.39 Å². The molecule has 7 nitrogen and oxygen atoms in total. The van der Waals surface area contributed by atoms with Gasteiger partial charge in [0.15, 0.2) is 0 Å². The second-order valence-corrected chi connectivity index (χ2v) is 10.0. The fraction of sp³-hybridized carbons (Fsp3) is 0.355. The second-order valence-electron chi connectivity index (χ2n) is 10.0. The number of rotatable bonds is 10. The van der Waals surface area contributed by atoms with E-state index < -0.39 is 11.9 Å². The number of halogens is 1. The minimum Gasteiger partial charge on any atom is -0.497 e. The van der Waals surface area contributed by atoms with Crippen molar-refractivity contribution in [1.29, 1.82) is 0 Å². The van der Waals surface area contributed by atoms with Crippen LogP contribution < -0.4 is 15.8 Å². The fourth-order valence-electron chi connectivity index (χ4n) is 5.09. The minimum absolute atomic E-state index is 0.0448. The lowest BCUT2D eigenvalue weighted by Gasteiger charge is -2.43. The quantitative estimate of drug-likeness (QED) is 0.414. The normalized spacial score (nSPS) is 17.2. The predicted molar refractivity (Wildman–Crippen MR) is 150 cm³/mol. The van der Waals surface area contributed by atoms with Gasteiger partial charge in [0.1, 0.15) is 17.6 Å². The predicted octanol–water partition coefficient (Wildman–Crippen LogP) is 3.89. The molecule has 3 N–H and O–H groups in total. The highest BCUT2D eigenvalue weighted by molar-refractivity contribution is 5.97. The van der Waals surface area contributed by atoms with Crippen LogP contribution in [0.25, 0.3) is 0 Å². The molecule has 1 heterocycles. The molecule has 4 rings (SSSR count). The van der Waals surface area contributed by atoms with Crippen LogP contribution in [0.1, 0.15) is 39.9 Å². The molecule has 2 atom stereocenters. The lowest BCUT2D eigenvalue weighted by molar-refractivity contribution is -0.127. The van der Waals surface area contributed by atoms with Crippen LogP contribution in [0.15, 0.2) is 72.8 Å².